The number of benzene rings is 2. The zero-order chi connectivity index (χ0) is 18.8. The van der Waals surface area contributed by atoms with E-state index < -0.39 is 0 Å². The van der Waals surface area contributed by atoms with Crippen molar-refractivity contribution < 1.29 is 9.32 Å². The van der Waals surface area contributed by atoms with Gasteiger partial charge in [0, 0.05) is 17.2 Å². The van der Waals surface area contributed by atoms with Crippen molar-refractivity contribution >= 4 is 16.9 Å². The lowest BCUT2D eigenvalue weighted by molar-refractivity contribution is 0.0946. The molecule has 1 N–H and O–H groups in total. The molecular weight excluding hydrogens is 344 g/mol. The van der Waals surface area contributed by atoms with Crippen LogP contribution in [0.4, 0.5) is 0 Å². The van der Waals surface area contributed by atoms with E-state index in [9.17, 15) is 4.79 Å². The molecule has 0 fully saturated rings. The van der Waals surface area contributed by atoms with Crippen LogP contribution in [0.3, 0.4) is 0 Å². The molecule has 0 unspecified atom stereocenters. The third-order valence-corrected chi connectivity index (χ3v) is 4.12. The van der Waals surface area contributed by atoms with E-state index in [1.165, 1.54) is 0 Å². The number of rotatable bonds is 5. The smallest absolute Gasteiger partial charge is 0.251 e. The highest BCUT2D eigenvalue weighted by molar-refractivity contribution is 5.94. The fraction of sp³-hybridized carbons (Fsp3) is 0.211. The fourth-order valence-electron chi connectivity index (χ4n) is 2.75. The summed E-state index contributed by atoms with van der Waals surface area (Å²) >= 11 is 0. The predicted octanol–water partition coefficient (Wildman–Crippen LogP) is 2.99. The number of carbonyl (C=O) groups excluding carboxylic acids is 1. The number of carbonyl (C=O) groups is 1. The molecule has 4 rings (SSSR count). The summed E-state index contributed by atoms with van der Waals surface area (Å²) in [5.41, 5.74) is 3.10. The normalized spacial score (nSPS) is 11.2. The van der Waals surface area contributed by atoms with E-state index in [2.05, 4.69) is 25.8 Å². The Kier molecular flexibility index (Phi) is 4.37. The maximum Gasteiger partial charge on any atom is 0.251 e. The highest BCUT2D eigenvalue weighted by Gasteiger charge is 2.14. The van der Waals surface area contributed by atoms with Gasteiger partial charge < -0.3 is 9.84 Å². The minimum absolute atomic E-state index is 0.161. The Hall–Kier alpha value is -3.55. The lowest BCUT2D eigenvalue weighted by Gasteiger charge is -2.05. The number of hydrogen-bond acceptors (Lipinski definition) is 6. The van der Waals surface area contributed by atoms with Crippen LogP contribution >= 0.6 is 0 Å². The molecule has 4 aromatic rings. The summed E-state index contributed by atoms with van der Waals surface area (Å²) in [5.74, 6) is 0.603. The maximum absolute atomic E-state index is 12.1. The molecule has 8 nitrogen and oxygen atoms in total. The summed E-state index contributed by atoms with van der Waals surface area (Å²) in [6, 6.07) is 14.9. The minimum Gasteiger partial charge on any atom is -0.343 e. The molecule has 0 bridgehead atoms. The highest BCUT2D eigenvalue weighted by Crippen LogP contribution is 2.23. The van der Waals surface area contributed by atoms with Gasteiger partial charge in [-0.25, -0.2) is 4.68 Å². The van der Waals surface area contributed by atoms with Gasteiger partial charge in [-0.15, -0.1) is 5.10 Å². The van der Waals surface area contributed by atoms with Crippen LogP contribution in [0, 0.1) is 0 Å². The lowest BCUT2D eigenvalue weighted by Crippen LogP contribution is -2.22. The summed E-state index contributed by atoms with van der Waals surface area (Å²) < 4.78 is 7.11. The van der Waals surface area contributed by atoms with E-state index in [0.29, 0.717) is 17.3 Å². The highest BCUT2D eigenvalue weighted by atomic mass is 16.5. The Balaban J connectivity index is 1.51. The van der Waals surface area contributed by atoms with Gasteiger partial charge in [0.2, 0.25) is 11.7 Å². The molecule has 0 saturated heterocycles. The molecule has 0 spiro atoms. The first-order chi connectivity index (χ1) is 13.1. The standard InChI is InChI=1S/C19H18N6O2/c1-12(2)25-16-10-14(8-9-15(16)22-24-25)18-21-17(27-23-18)11-20-19(26)13-6-4-3-5-7-13/h3-10,12H,11H2,1-2H3,(H,20,26). The lowest BCUT2D eigenvalue weighted by atomic mass is 10.2. The molecule has 0 aliphatic rings. The minimum atomic E-state index is -0.191. The second kappa shape index (κ2) is 6.99. The molecule has 2 aromatic heterocycles. The average Bonchev–Trinajstić information content (AvgIpc) is 3.33. The molecule has 8 heteroatoms. The summed E-state index contributed by atoms with van der Waals surface area (Å²) in [5, 5.41) is 15.1. The van der Waals surface area contributed by atoms with Gasteiger partial charge in [-0.1, -0.05) is 28.6 Å². The van der Waals surface area contributed by atoms with Crippen LogP contribution in [0.15, 0.2) is 53.1 Å². The fourth-order valence-corrected chi connectivity index (χ4v) is 2.75. The molecular formula is C19H18N6O2. The van der Waals surface area contributed by atoms with E-state index in [4.69, 9.17) is 4.52 Å². The van der Waals surface area contributed by atoms with Crippen molar-refractivity contribution in [3.05, 3.63) is 60.0 Å². The number of hydrogen-bond donors (Lipinski definition) is 1. The maximum atomic E-state index is 12.1. The summed E-state index contributed by atoms with van der Waals surface area (Å²) in [4.78, 5) is 16.5. The summed E-state index contributed by atoms with van der Waals surface area (Å²) in [6.45, 7) is 4.25. The van der Waals surface area contributed by atoms with Crippen LogP contribution < -0.4 is 5.32 Å². The van der Waals surface area contributed by atoms with Gasteiger partial charge in [0.1, 0.15) is 5.52 Å². The number of fused-ring (bicyclic) bond motifs is 1. The third-order valence-electron chi connectivity index (χ3n) is 4.12. The van der Waals surface area contributed by atoms with Gasteiger partial charge in [-0.2, -0.15) is 4.98 Å². The zero-order valence-electron chi connectivity index (χ0n) is 15.0. The average molecular weight is 362 g/mol. The van der Waals surface area contributed by atoms with Gasteiger partial charge in [0.15, 0.2) is 0 Å². The van der Waals surface area contributed by atoms with Gasteiger partial charge in [-0.05, 0) is 44.2 Å². The van der Waals surface area contributed by atoms with Crippen LogP contribution in [0.1, 0.15) is 36.1 Å². The molecule has 0 aliphatic heterocycles. The first-order valence-corrected chi connectivity index (χ1v) is 8.63. The predicted molar refractivity (Wildman–Crippen MR) is 98.8 cm³/mol. The molecule has 27 heavy (non-hydrogen) atoms. The molecule has 0 aliphatic carbocycles. The Labute approximate surface area is 155 Å². The van der Waals surface area contributed by atoms with Crippen molar-refractivity contribution in [3.63, 3.8) is 0 Å². The molecule has 0 saturated carbocycles. The largest absolute Gasteiger partial charge is 0.343 e. The van der Waals surface area contributed by atoms with E-state index >= 15 is 0 Å². The van der Waals surface area contributed by atoms with Gasteiger partial charge in [0.05, 0.1) is 12.1 Å². The first-order valence-electron chi connectivity index (χ1n) is 8.63. The SMILES string of the molecule is CC(C)n1nnc2ccc(-c3noc(CNC(=O)c4ccccc4)n3)cc21. The van der Waals surface area contributed by atoms with Crippen LogP contribution in [-0.2, 0) is 6.54 Å². The van der Waals surface area contributed by atoms with Crippen LogP contribution in [-0.4, -0.2) is 31.0 Å². The van der Waals surface area contributed by atoms with Gasteiger partial charge in [-0.3, -0.25) is 4.79 Å². The molecule has 0 atom stereocenters. The Morgan fingerprint density at radius 1 is 1.19 bits per heavy atom. The van der Waals surface area contributed by atoms with Crippen molar-refractivity contribution in [2.75, 3.05) is 0 Å². The molecule has 1 amide bonds. The van der Waals surface area contributed by atoms with E-state index in [1.807, 2.05) is 54.9 Å². The van der Waals surface area contributed by atoms with Crippen molar-refractivity contribution in [3.8, 4) is 11.4 Å². The van der Waals surface area contributed by atoms with E-state index in [-0.39, 0.29) is 18.5 Å². The van der Waals surface area contributed by atoms with Crippen molar-refractivity contribution in [1.29, 1.82) is 0 Å². The monoisotopic (exact) mass is 362 g/mol. The molecule has 0 radical (unpaired) electrons. The van der Waals surface area contributed by atoms with Crippen molar-refractivity contribution in [2.24, 2.45) is 0 Å². The number of amides is 1. The van der Waals surface area contributed by atoms with Crippen LogP contribution in [0.5, 0.6) is 0 Å². The van der Waals surface area contributed by atoms with Crippen molar-refractivity contribution in [1.82, 2.24) is 30.5 Å². The first kappa shape index (κ1) is 16.9. The third kappa shape index (κ3) is 3.41. The number of aromatic nitrogens is 5. The molecule has 2 heterocycles. The van der Waals surface area contributed by atoms with Gasteiger partial charge in [0.25, 0.3) is 5.91 Å². The van der Waals surface area contributed by atoms with Crippen LogP contribution in [0.2, 0.25) is 0 Å². The zero-order valence-corrected chi connectivity index (χ0v) is 15.0. The van der Waals surface area contributed by atoms with Crippen LogP contribution in [0.25, 0.3) is 22.4 Å². The van der Waals surface area contributed by atoms with Crippen molar-refractivity contribution in [2.45, 2.75) is 26.4 Å². The summed E-state index contributed by atoms with van der Waals surface area (Å²) in [6.07, 6.45) is 0. The second-order valence-corrected chi connectivity index (χ2v) is 6.39. The Morgan fingerprint density at radius 2 is 2.00 bits per heavy atom. The topological polar surface area (TPSA) is 98.7 Å². The molecule has 2 aromatic carbocycles. The summed E-state index contributed by atoms with van der Waals surface area (Å²) in [7, 11) is 0. The number of nitrogens with zero attached hydrogens (tertiary/aromatic N) is 5. The molecule has 136 valence electrons. The number of nitrogens with one attached hydrogen (secondary N) is 1. The van der Waals surface area contributed by atoms with E-state index in [0.717, 1.165) is 16.6 Å². The Bertz CT molecular complexity index is 1080. The quantitative estimate of drug-likeness (QED) is 0.586. The van der Waals surface area contributed by atoms with Gasteiger partial charge >= 0.3 is 0 Å². The van der Waals surface area contributed by atoms with E-state index in [1.54, 1.807) is 12.1 Å². The Morgan fingerprint density at radius 3 is 2.78 bits per heavy atom. The second-order valence-electron chi connectivity index (χ2n) is 6.39.